The molecule has 128 valence electrons. The van der Waals surface area contributed by atoms with Gasteiger partial charge in [0.15, 0.2) is 5.96 Å². The van der Waals surface area contributed by atoms with Crippen molar-refractivity contribution in [2.45, 2.75) is 20.0 Å². The summed E-state index contributed by atoms with van der Waals surface area (Å²) in [6.07, 6.45) is 3.78. The largest absolute Gasteiger partial charge is 0.357 e. The molecule has 1 N–H and O–H groups in total. The maximum atomic E-state index is 10.8. The first kappa shape index (κ1) is 17.5. The van der Waals surface area contributed by atoms with Crippen LogP contribution in [0.1, 0.15) is 18.1 Å². The van der Waals surface area contributed by atoms with E-state index in [-0.39, 0.29) is 5.69 Å². The molecule has 2 aromatic rings. The zero-order valence-corrected chi connectivity index (χ0v) is 14.1. The molecule has 0 aliphatic heterocycles. The first-order valence-corrected chi connectivity index (χ1v) is 7.70. The van der Waals surface area contributed by atoms with E-state index in [1.54, 1.807) is 16.8 Å². The zero-order chi connectivity index (χ0) is 17.5. The Hall–Kier alpha value is -2.90. The van der Waals surface area contributed by atoms with Gasteiger partial charge in [-0.15, -0.1) is 0 Å². The van der Waals surface area contributed by atoms with Crippen molar-refractivity contribution in [3.05, 3.63) is 57.9 Å². The van der Waals surface area contributed by atoms with E-state index in [0.717, 1.165) is 23.6 Å². The summed E-state index contributed by atoms with van der Waals surface area (Å²) >= 11 is 0. The molecule has 0 saturated carbocycles. The molecule has 8 heteroatoms. The Kier molecular flexibility index (Phi) is 5.89. The van der Waals surface area contributed by atoms with Crippen molar-refractivity contribution in [1.29, 1.82) is 0 Å². The van der Waals surface area contributed by atoms with Crippen molar-refractivity contribution in [3.8, 4) is 0 Å². The van der Waals surface area contributed by atoms with Crippen LogP contribution in [0.4, 0.5) is 5.69 Å². The molecule has 24 heavy (non-hydrogen) atoms. The summed E-state index contributed by atoms with van der Waals surface area (Å²) < 4.78 is 1.76. The van der Waals surface area contributed by atoms with Gasteiger partial charge in [-0.1, -0.05) is 12.1 Å². The summed E-state index contributed by atoms with van der Waals surface area (Å²) in [4.78, 5) is 17.0. The van der Waals surface area contributed by atoms with Crippen LogP contribution in [0, 0.1) is 10.1 Å². The Labute approximate surface area is 141 Å². The molecule has 0 spiro atoms. The zero-order valence-electron chi connectivity index (χ0n) is 14.1. The van der Waals surface area contributed by atoms with Crippen LogP contribution in [0.15, 0.2) is 41.7 Å². The maximum Gasteiger partial charge on any atom is 0.269 e. The van der Waals surface area contributed by atoms with Gasteiger partial charge in [0.05, 0.1) is 17.7 Å². The highest BCUT2D eigenvalue weighted by Crippen LogP contribution is 2.14. The van der Waals surface area contributed by atoms with Crippen LogP contribution in [0.25, 0.3) is 0 Å². The lowest BCUT2D eigenvalue weighted by atomic mass is 10.2. The smallest absolute Gasteiger partial charge is 0.269 e. The summed E-state index contributed by atoms with van der Waals surface area (Å²) in [6.45, 7) is 3.79. The fourth-order valence-electron chi connectivity index (χ4n) is 2.31. The Morgan fingerprint density at radius 2 is 2.25 bits per heavy atom. The predicted octanol–water partition coefficient (Wildman–Crippen LogP) is 1.93. The van der Waals surface area contributed by atoms with E-state index in [9.17, 15) is 10.1 Å². The maximum absolute atomic E-state index is 10.8. The van der Waals surface area contributed by atoms with E-state index in [4.69, 9.17) is 0 Å². The van der Waals surface area contributed by atoms with Crippen molar-refractivity contribution in [3.63, 3.8) is 0 Å². The van der Waals surface area contributed by atoms with Gasteiger partial charge in [0.2, 0.25) is 0 Å². The van der Waals surface area contributed by atoms with Gasteiger partial charge in [-0.05, 0) is 12.5 Å². The van der Waals surface area contributed by atoms with Crippen LogP contribution in [-0.2, 0) is 20.1 Å². The number of benzene rings is 1. The van der Waals surface area contributed by atoms with Crippen LogP contribution in [0.3, 0.4) is 0 Å². The van der Waals surface area contributed by atoms with Gasteiger partial charge >= 0.3 is 0 Å². The second kappa shape index (κ2) is 8.09. The molecule has 0 radical (unpaired) electrons. The highest BCUT2D eigenvalue weighted by atomic mass is 16.6. The Bertz CT molecular complexity index is 725. The highest BCUT2D eigenvalue weighted by Gasteiger charge is 2.09. The molecule has 0 bridgehead atoms. The van der Waals surface area contributed by atoms with Gasteiger partial charge in [-0.3, -0.25) is 14.8 Å². The van der Waals surface area contributed by atoms with Gasteiger partial charge in [-0.2, -0.15) is 5.10 Å². The third-order valence-corrected chi connectivity index (χ3v) is 3.41. The molecule has 0 fully saturated rings. The second-order valence-corrected chi connectivity index (χ2v) is 5.48. The topological polar surface area (TPSA) is 88.6 Å². The van der Waals surface area contributed by atoms with Crippen molar-refractivity contribution in [2.24, 2.45) is 12.0 Å². The van der Waals surface area contributed by atoms with E-state index in [0.29, 0.717) is 13.1 Å². The van der Waals surface area contributed by atoms with Crippen LogP contribution < -0.4 is 5.32 Å². The van der Waals surface area contributed by atoms with Crippen molar-refractivity contribution < 1.29 is 4.92 Å². The number of aliphatic imine (C=N–C) groups is 1. The van der Waals surface area contributed by atoms with E-state index in [2.05, 4.69) is 15.4 Å². The molecule has 1 heterocycles. The molecule has 0 atom stereocenters. The highest BCUT2D eigenvalue weighted by molar-refractivity contribution is 5.79. The molecule has 0 aliphatic rings. The monoisotopic (exact) mass is 330 g/mol. The standard InChI is InChI=1S/C16H22N6O2/c1-4-17-16(20(2)11-14-10-19-21(3)12-14)18-9-13-6-5-7-15(8-13)22(23)24/h5-8,10,12H,4,9,11H2,1-3H3,(H,17,18). The van der Waals surface area contributed by atoms with E-state index >= 15 is 0 Å². The Morgan fingerprint density at radius 3 is 2.88 bits per heavy atom. The van der Waals surface area contributed by atoms with Crippen molar-refractivity contribution in [1.82, 2.24) is 20.0 Å². The van der Waals surface area contributed by atoms with Gasteiger partial charge < -0.3 is 10.2 Å². The van der Waals surface area contributed by atoms with Crippen LogP contribution in [0.2, 0.25) is 0 Å². The second-order valence-electron chi connectivity index (χ2n) is 5.48. The average molecular weight is 330 g/mol. The summed E-state index contributed by atoms with van der Waals surface area (Å²) in [7, 11) is 3.83. The molecule has 0 amide bonds. The number of nitrogens with zero attached hydrogens (tertiary/aromatic N) is 5. The van der Waals surface area contributed by atoms with Gasteiger partial charge in [0.25, 0.3) is 5.69 Å². The molecule has 8 nitrogen and oxygen atoms in total. The van der Waals surface area contributed by atoms with E-state index in [1.807, 2.05) is 44.4 Å². The number of aromatic nitrogens is 2. The summed E-state index contributed by atoms with van der Waals surface area (Å²) in [5.74, 6) is 0.743. The van der Waals surface area contributed by atoms with Gasteiger partial charge in [0, 0.05) is 51.1 Å². The Morgan fingerprint density at radius 1 is 1.46 bits per heavy atom. The number of nitro benzene ring substituents is 1. The lowest BCUT2D eigenvalue weighted by Gasteiger charge is -2.21. The van der Waals surface area contributed by atoms with Crippen LogP contribution >= 0.6 is 0 Å². The molecular weight excluding hydrogens is 308 g/mol. The van der Waals surface area contributed by atoms with E-state index in [1.165, 1.54) is 6.07 Å². The number of hydrogen-bond donors (Lipinski definition) is 1. The number of non-ortho nitro benzene ring substituents is 1. The number of aryl methyl sites for hydroxylation is 1. The Balaban J connectivity index is 2.09. The van der Waals surface area contributed by atoms with Gasteiger partial charge in [0.1, 0.15) is 0 Å². The first-order chi connectivity index (χ1) is 11.5. The van der Waals surface area contributed by atoms with Crippen LogP contribution in [0.5, 0.6) is 0 Å². The summed E-state index contributed by atoms with van der Waals surface area (Å²) in [5.41, 5.74) is 1.96. The number of nitrogens with one attached hydrogen (secondary N) is 1. The first-order valence-electron chi connectivity index (χ1n) is 7.70. The third-order valence-electron chi connectivity index (χ3n) is 3.41. The van der Waals surface area contributed by atoms with E-state index < -0.39 is 4.92 Å². The molecular formula is C16H22N6O2. The van der Waals surface area contributed by atoms with Crippen molar-refractivity contribution >= 4 is 11.6 Å². The minimum absolute atomic E-state index is 0.0800. The number of rotatable bonds is 6. The fourth-order valence-corrected chi connectivity index (χ4v) is 2.31. The molecule has 1 aromatic heterocycles. The quantitative estimate of drug-likeness (QED) is 0.378. The molecule has 0 unspecified atom stereocenters. The third kappa shape index (κ3) is 4.80. The number of hydrogen-bond acceptors (Lipinski definition) is 4. The molecule has 2 rings (SSSR count). The summed E-state index contributed by atoms with van der Waals surface area (Å²) in [6, 6.07) is 6.54. The lowest BCUT2D eigenvalue weighted by Crippen LogP contribution is -2.38. The minimum Gasteiger partial charge on any atom is -0.357 e. The minimum atomic E-state index is -0.396. The summed E-state index contributed by atoms with van der Waals surface area (Å²) in [5, 5.41) is 18.2. The molecule has 0 aliphatic carbocycles. The predicted molar refractivity (Wildman–Crippen MR) is 92.6 cm³/mol. The van der Waals surface area contributed by atoms with Gasteiger partial charge in [-0.25, -0.2) is 4.99 Å². The number of guanidine groups is 1. The fraction of sp³-hybridized carbons (Fsp3) is 0.375. The number of nitro groups is 1. The molecule has 1 aromatic carbocycles. The lowest BCUT2D eigenvalue weighted by molar-refractivity contribution is -0.384. The van der Waals surface area contributed by atoms with Crippen LogP contribution in [-0.4, -0.2) is 39.2 Å². The van der Waals surface area contributed by atoms with Crippen molar-refractivity contribution in [2.75, 3.05) is 13.6 Å². The normalized spacial score (nSPS) is 11.4. The SMILES string of the molecule is CCNC(=NCc1cccc([N+](=O)[O-])c1)N(C)Cc1cnn(C)c1. The average Bonchev–Trinajstić information content (AvgIpc) is 2.96. The molecule has 0 saturated heterocycles.